The van der Waals surface area contributed by atoms with Gasteiger partial charge in [-0.15, -0.1) is 11.3 Å². The van der Waals surface area contributed by atoms with Crippen molar-refractivity contribution in [2.75, 3.05) is 0 Å². The zero-order chi connectivity index (χ0) is 11.1. The molecular weight excluding hydrogens is 224 g/mol. The molecule has 2 aliphatic heterocycles. The molecule has 3 heterocycles. The first-order valence-electron chi connectivity index (χ1n) is 5.36. The van der Waals surface area contributed by atoms with Crippen LogP contribution in [0.25, 0.3) is 0 Å². The third-order valence-electron chi connectivity index (χ3n) is 3.35. The third-order valence-corrected chi connectivity index (χ3v) is 4.36. The minimum atomic E-state index is 0.220. The maximum absolute atomic E-state index is 11.7. The monoisotopic (exact) mass is 236 g/mol. The van der Waals surface area contributed by atoms with Gasteiger partial charge in [-0.25, -0.2) is 0 Å². The summed E-state index contributed by atoms with van der Waals surface area (Å²) in [6.45, 7) is 0.668. The van der Waals surface area contributed by atoms with Crippen LogP contribution in [0.4, 0.5) is 0 Å². The molecule has 0 bridgehead atoms. The van der Waals surface area contributed by atoms with Crippen LogP contribution in [0.15, 0.2) is 16.6 Å². The zero-order valence-corrected chi connectivity index (χ0v) is 9.54. The van der Waals surface area contributed by atoms with Gasteiger partial charge in [-0.1, -0.05) is 5.16 Å². The number of carbonyl (C=O) groups is 1. The zero-order valence-electron chi connectivity index (χ0n) is 8.72. The van der Waals surface area contributed by atoms with E-state index in [0.717, 1.165) is 22.6 Å². The molecule has 84 valence electrons. The highest BCUT2D eigenvalue weighted by Gasteiger charge is 2.35. The Morgan fingerprint density at radius 2 is 2.44 bits per heavy atom. The van der Waals surface area contributed by atoms with Gasteiger partial charge in [-0.3, -0.25) is 4.79 Å². The van der Waals surface area contributed by atoms with Crippen molar-refractivity contribution in [2.24, 2.45) is 5.16 Å². The summed E-state index contributed by atoms with van der Waals surface area (Å²) in [5, 5.41) is 14.4. The summed E-state index contributed by atoms with van der Waals surface area (Å²) in [6.07, 6.45) is 2.19. The van der Waals surface area contributed by atoms with Crippen LogP contribution in [-0.2, 0) is 11.3 Å². The van der Waals surface area contributed by atoms with Gasteiger partial charge in [0.25, 0.3) is 0 Å². The maximum atomic E-state index is 11.7. The molecule has 1 aromatic rings. The quantitative estimate of drug-likeness (QED) is 0.552. The SMILES string of the molecule is O=C1CCC2C/C(=N/O)c3sccc3CN12. The number of thiophene rings is 1. The lowest BCUT2D eigenvalue weighted by molar-refractivity contribution is -0.129. The van der Waals surface area contributed by atoms with E-state index in [0.29, 0.717) is 19.4 Å². The Kier molecular flexibility index (Phi) is 2.21. The Hall–Kier alpha value is -1.36. The number of carbonyl (C=O) groups excluding carboxylic acids is 1. The Labute approximate surface area is 97.2 Å². The predicted molar refractivity (Wildman–Crippen MR) is 60.8 cm³/mol. The van der Waals surface area contributed by atoms with Crippen LogP contribution in [-0.4, -0.2) is 27.8 Å². The standard InChI is InChI=1S/C11H12N2O2S/c14-10-2-1-8-5-9(12-15)11-7(3-4-16-11)6-13(8)10/h3-4,8,15H,1-2,5-6H2/b12-9-. The predicted octanol–water partition coefficient (Wildman–Crippen LogP) is 1.82. The Balaban J connectivity index is 2.04. The molecule has 0 aromatic carbocycles. The molecule has 0 radical (unpaired) electrons. The summed E-state index contributed by atoms with van der Waals surface area (Å²) in [6, 6.07) is 2.23. The number of hydrogen-bond donors (Lipinski definition) is 1. The van der Waals surface area contributed by atoms with E-state index in [4.69, 9.17) is 5.21 Å². The van der Waals surface area contributed by atoms with E-state index >= 15 is 0 Å². The van der Waals surface area contributed by atoms with Gasteiger partial charge in [0.2, 0.25) is 5.91 Å². The smallest absolute Gasteiger partial charge is 0.223 e. The van der Waals surface area contributed by atoms with Gasteiger partial charge in [0.15, 0.2) is 0 Å². The maximum Gasteiger partial charge on any atom is 0.223 e. The largest absolute Gasteiger partial charge is 0.411 e. The molecule has 1 N–H and O–H groups in total. The fourth-order valence-corrected chi connectivity index (χ4v) is 3.43. The third kappa shape index (κ3) is 1.35. The van der Waals surface area contributed by atoms with E-state index in [9.17, 15) is 4.79 Å². The number of rotatable bonds is 0. The average Bonchev–Trinajstić information content (AvgIpc) is 2.83. The minimum absolute atomic E-state index is 0.220. The van der Waals surface area contributed by atoms with Crippen LogP contribution in [0.3, 0.4) is 0 Å². The molecule has 0 aliphatic carbocycles. The van der Waals surface area contributed by atoms with Crippen molar-refractivity contribution < 1.29 is 10.0 Å². The molecule has 2 aliphatic rings. The van der Waals surface area contributed by atoms with Crippen molar-refractivity contribution in [3.8, 4) is 0 Å². The number of nitrogens with zero attached hydrogens (tertiary/aromatic N) is 2. The molecule has 1 fully saturated rings. The molecule has 1 atom stereocenters. The van der Waals surface area contributed by atoms with Crippen LogP contribution in [0.5, 0.6) is 0 Å². The lowest BCUT2D eigenvalue weighted by atomic mass is 10.1. The topological polar surface area (TPSA) is 52.9 Å². The van der Waals surface area contributed by atoms with Gasteiger partial charge in [0.1, 0.15) is 0 Å². The van der Waals surface area contributed by atoms with Crippen molar-refractivity contribution in [2.45, 2.75) is 31.8 Å². The van der Waals surface area contributed by atoms with E-state index in [1.54, 1.807) is 11.3 Å². The Morgan fingerprint density at radius 1 is 1.56 bits per heavy atom. The first kappa shape index (κ1) is 9.84. The van der Waals surface area contributed by atoms with Crippen molar-refractivity contribution >= 4 is 23.0 Å². The fourth-order valence-electron chi connectivity index (χ4n) is 2.52. The summed E-state index contributed by atoms with van der Waals surface area (Å²) < 4.78 is 0. The summed E-state index contributed by atoms with van der Waals surface area (Å²) in [4.78, 5) is 14.7. The summed E-state index contributed by atoms with van der Waals surface area (Å²) in [5.41, 5.74) is 1.84. The van der Waals surface area contributed by atoms with E-state index in [-0.39, 0.29) is 11.9 Å². The number of amides is 1. The van der Waals surface area contributed by atoms with Crippen LogP contribution < -0.4 is 0 Å². The summed E-state index contributed by atoms with van der Waals surface area (Å²) >= 11 is 1.58. The van der Waals surface area contributed by atoms with Gasteiger partial charge in [-0.05, 0) is 23.4 Å². The van der Waals surface area contributed by atoms with Gasteiger partial charge in [0, 0.05) is 25.4 Å². The molecule has 1 aromatic heterocycles. The summed E-state index contributed by atoms with van der Waals surface area (Å²) in [7, 11) is 0. The highest BCUT2D eigenvalue weighted by Crippen LogP contribution is 2.32. The number of hydrogen-bond acceptors (Lipinski definition) is 4. The molecular formula is C11H12N2O2S. The van der Waals surface area contributed by atoms with Crippen LogP contribution in [0.1, 0.15) is 29.7 Å². The van der Waals surface area contributed by atoms with Crippen LogP contribution in [0, 0.1) is 0 Å². The van der Waals surface area contributed by atoms with Gasteiger partial charge < -0.3 is 10.1 Å². The molecule has 1 amide bonds. The first-order chi connectivity index (χ1) is 7.79. The lowest BCUT2D eigenvalue weighted by Gasteiger charge is -2.21. The molecule has 3 rings (SSSR count). The second-order valence-corrected chi connectivity index (χ2v) is 5.16. The van der Waals surface area contributed by atoms with Crippen molar-refractivity contribution in [1.29, 1.82) is 0 Å². The molecule has 0 spiro atoms. The van der Waals surface area contributed by atoms with E-state index in [2.05, 4.69) is 5.16 Å². The second-order valence-electron chi connectivity index (χ2n) is 4.24. The van der Waals surface area contributed by atoms with E-state index in [1.165, 1.54) is 0 Å². The molecule has 5 heteroatoms. The molecule has 16 heavy (non-hydrogen) atoms. The lowest BCUT2D eigenvalue weighted by Crippen LogP contribution is -2.31. The summed E-state index contributed by atoms with van der Waals surface area (Å²) in [5.74, 6) is 0.223. The Morgan fingerprint density at radius 3 is 3.25 bits per heavy atom. The minimum Gasteiger partial charge on any atom is -0.411 e. The normalized spacial score (nSPS) is 26.8. The van der Waals surface area contributed by atoms with Crippen molar-refractivity contribution in [1.82, 2.24) is 4.90 Å². The second kappa shape index (κ2) is 3.59. The average molecular weight is 236 g/mol. The number of fused-ring (bicyclic) bond motifs is 2. The Bertz CT molecular complexity index is 466. The number of oxime groups is 1. The van der Waals surface area contributed by atoms with Gasteiger partial charge in [0.05, 0.1) is 10.6 Å². The molecule has 1 unspecified atom stereocenters. The fraction of sp³-hybridized carbons (Fsp3) is 0.455. The first-order valence-corrected chi connectivity index (χ1v) is 6.24. The van der Waals surface area contributed by atoms with Crippen molar-refractivity contribution in [3.05, 3.63) is 21.9 Å². The van der Waals surface area contributed by atoms with Crippen LogP contribution >= 0.6 is 11.3 Å². The van der Waals surface area contributed by atoms with Crippen LogP contribution in [0.2, 0.25) is 0 Å². The van der Waals surface area contributed by atoms with Crippen molar-refractivity contribution in [3.63, 3.8) is 0 Å². The van der Waals surface area contributed by atoms with E-state index < -0.39 is 0 Å². The van der Waals surface area contributed by atoms with Gasteiger partial charge in [-0.2, -0.15) is 0 Å². The van der Waals surface area contributed by atoms with E-state index in [1.807, 2.05) is 16.3 Å². The molecule has 1 saturated heterocycles. The molecule has 0 saturated carbocycles. The highest BCUT2D eigenvalue weighted by atomic mass is 32.1. The molecule has 4 nitrogen and oxygen atoms in total. The van der Waals surface area contributed by atoms with Gasteiger partial charge >= 0.3 is 0 Å². The highest BCUT2D eigenvalue weighted by molar-refractivity contribution is 7.12.